The van der Waals surface area contributed by atoms with Gasteiger partial charge < -0.3 is 5.11 Å². The summed E-state index contributed by atoms with van der Waals surface area (Å²) in [6.45, 7) is 4.41. The second kappa shape index (κ2) is 5.69. The third-order valence-electron chi connectivity index (χ3n) is 3.53. The topological polar surface area (TPSA) is 57.6 Å². The number of hydrogen-bond acceptors (Lipinski definition) is 4. The third-order valence-corrected chi connectivity index (χ3v) is 7.40. The molecule has 1 N–H and O–H groups in total. The molecular formula is C12H18ClNO3S2. The Hall–Kier alpha value is -0.140. The number of aliphatic hydroxyl groups excluding tert-OH is 1. The van der Waals surface area contributed by atoms with Gasteiger partial charge in [0.2, 0.25) is 0 Å². The third kappa shape index (κ3) is 3.13. The molecule has 0 spiro atoms. The lowest BCUT2D eigenvalue weighted by atomic mass is 9.95. The Morgan fingerprint density at radius 2 is 2.26 bits per heavy atom. The van der Waals surface area contributed by atoms with Crippen molar-refractivity contribution in [3.05, 3.63) is 16.0 Å². The maximum absolute atomic E-state index is 12.5. The zero-order valence-electron chi connectivity index (χ0n) is 11.0. The van der Waals surface area contributed by atoms with Crippen molar-refractivity contribution < 1.29 is 13.5 Å². The molecule has 0 unspecified atom stereocenters. The summed E-state index contributed by atoms with van der Waals surface area (Å²) in [7, 11) is -3.47. The highest BCUT2D eigenvalue weighted by Crippen LogP contribution is 2.33. The largest absolute Gasteiger partial charge is 0.393 e. The molecule has 4 nitrogen and oxygen atoms in total. The summed E-state index contributed by atoms with van der Waals surface area (Å²) in [5, 5.41) is 9.64. The number of nitrogens with zero attached hydrogens (tertiary/aromatic N) is 1. The van der Waals surface area contributed by atoms with E-state index in [-0.39, 0.29) is 5.92 Å². The first-order valence-corrected chi connectivity index (χ1v) is 8.90. The quantitative estimate of drug-likeness (QED) is 0.929. The first-order valence-electron chi connectivity index (χ1n) is 6.26. The highest BCUT2D eigenvalue weighted by Gasteiger charge is 2.33. The van der Waals surface area contributed by atoms with Crippen molar-refractivity contribution in [1.29, 1.82) is 0 Å². The predicted molar refractivity (Wildman–Crippen MR) is 77.2 cm³/mol. The number of hydrogen-bond donors (Lipinski definition) is 1. The van der Waals surface area contributed by atoms with Crippen molar-refractivity contribution in [2.75, 3.05) is 13.1 Å². The number of piperidine rings is 1. The van der Waals surface area contributed by atoms with Gasteiger partial charge in [0.25, 0.3) is 10.0 Å². The van der Waals surface area contributed by atoms with Crippen molar-refractivity contribution in [2.45, 2.75) is 37.0 Å². The van der Waals surface area contributed by atoms with E-state index in [0.29, 0.717) is 21.6 Å². The highest BCUT2D eigenvalue weighted by molar-refractivity contribution is 7.91. The lowest BCUT2D eigenvalue weighted by Crippen LogP contribution is -2.42. The Kier molecular flexibility index (Phi) is 4.57. The number of sulfonamides is 1. The zero-order chi connectivity index (χ0) is 14.2. The summed E-state index contributed by atoms with van der Waals surface area (Å²) in [4.78, 5) is 0. The van der Waals surface area contributed by atoms with Crippen molar-refractivity contribution >= 4 is 33.0 Å². The normalized spacial score (nSPS) is 23.5. The summed E-state index contributed by atoms with van der Waals surface area (Å²) < 4.78 is 27.3. The second-order valence-electron chi connectivity index (χ2n) is 5.03. The van der Waals surface area contributed by atoms with E-state index in [4.69, 9.17) is 11.6 Å². The molecule has 19 heavy (non-hydrogen) atoms. The van der Waals surface area contributed by atoms with Crippen molar-refractivity contribution in [1.82, 2.24) is 4.31 Å². The molecule has 1 aromatic heterocycles. The molecule has 1 aliphatic rings. The summed E-state index contributed by atoms with van der Waals surface area (Å²) in [5.41, 5.74) is 0.786. The van der Waals surface area contributed by atoms with Gasteiger partial charge in [-0.3, -0.25) is 0 Å². The van der Waals surface area contributed by atoms with Crippen LogP contribution in [0.2, 0.25) is 4.34 Å². The molecular weight excluding hydrogens is 306 g/mol. The highest BCUT2D eigenvalue weighted by atomic mass is 35.5. The fourth-order valence-electron chi connectivity index (χ4n) is 2.27. The number of halogens is 1. The van der Waals surface area contributed by atoms with Crippen molar-refractivity contribution in [3.63, 3.8) is 0 Å². The molecule has 0 amide bonds. The molecule has 0 bridgehead atoms. The van der Waals surface area contributed by atoms with Gasteiger partial charge in [0.15, 0.2) is 0 Å². The Bertz CT molecular complexity index is 534. The molecule has 108 valence electrons. The van der Waals surface area contributed by atoms with Crippen LogP contribution in [-0.2, 0) is 10.0 Å². The van der Waals surface area contributed by atoms with E-state index in [0.717, 1.165) is 29.7 Å². The van der Waals surface area contributed by atoms with Crippen LogP contribution in [0.1, 0.15) is 25.3 Å². The average molecular weight is 324 g/mol. The monoisotopic (exact) mass is 323 g/mol. The summed E-state index contributed by atoms with van der Waals surface area (Å²) in [6.07, 6.45) is 1.17. The van der Waals surface area contributed by atoms with Gasteiger partial charge in [-0.1, -0.05) is 11.6 Å². The minimum atomic E-state index is -3.47. The van der Waals surface area contributed by atoms with Crippen molar-refractivity contribution in [2.24, 2.45) is 5.92 Å². The maximum Gasteiger partial charge on any atom is 0.252 e. The van der Waals surface area contributed by atoms with Gasteiger partial charge in [-0.05, 0) is 44.2 Å². The maximum atomic E-state index is 12.5. The fourth-order valence-corrected chi connectivity index (χ4v) is 5.67. The van der Waals surface area contributed by atoms with Crippen LogP contribution >= 0.6 is 22.9 Å². The van der Waals surface area contributed by atoms with Crippen molar-refractivity contribution in [3.8, 4) is 0 Å². The van der Waals surface area contributed by atoms with Crippen LogP contribution in [-0.4, -0.2) is 37.0 Å². The second-order valence-corrected chi connectivity index (χ2v) is 8.85. The lowest BCUT2D eigenvalue weighted by molar-refractivity contribution is 0.0886. The van der Waals surface area contributed by atoms with Gasteiger partial charge >= 0.3 is 0 Å². The first kappa shape index (κ1) is 15.3. The SMILES string of the molecule is Cc1cc(S(=O)(=O)N2CCC[C@@H]([C@@H](C)O)C2)sc1Cl. The first-order chi connectivity index (χ1) is 8.82. The van der Waals surface area contributed by atoms with Gasteiger partial charge in [0, 0.05) is 13.1 Å². The summed E-state index contributed by atoms with van der Waals surface area (Å²) in [5.74, 6) is 0.0139. The van der Waals surface area contributed by atoms with Crippen LogP contribution in [0, 0.1) is 12.8 Å². The lowest BCUT2D eigenvalue weighted by Gasteiger charge is -2.32. The minimum absolute atomic E-state index is 0.0139. The van der Waals surface area contributed by atoms with E-state index in [1.807, 2.05) is 0 Å². The van der Waals surface area contributed by atoms with E-state index >= 15 is 0 Å². The van der Waals surface area contributed by atoms with E-state index in [1.54, 1.807) is 19.9 Å². The smallest absolute Gasteiger partial charge is 0.252 e. The van der Waals surface area contributed by atoms with E-state index < -0.39 is 16.1 Å². The molecule has 0 saturated carbocycles. The number of thiophene rings is 1. The molecule has 2 heterocycles. The Morgan fingerprint density at radius 1 is 1.58 bits per heavy atom. The molecule has 0 radical (unpaired) electrons. The van der Waals surface area contributed by atoms with Gasteiger partial charge in [0.05, 0.1) is 10.4 Å². The number of rotatable bonds is 3. The molecule has 2 rings (SSSR count). The number of aliphatic hydroxyl groups is 1. The molecule has 1 aromatic rings. The molecule has 7 heteroatoms. The van der Waals surface area contributed by atoms with Crippen LogP contribution < -0.4 is 0 Å². The van der Waals surface area contributed by atoms with Crippen LogP contribution in [0.15, 0.2) is 10.3 Å². The predicted octanol–water partition coefficient (Wildman–Crippen LogP) is 2.49. The summed E-state index contributed by atoms with van der Waals surface area (Å²) in [6, 6.07) is 1.62. The van der Waals surface area contributed by atoms with E-state index in [9.17, 15) is 13.5 Å². The Balaban J connectivity index is 2.24. The Labute approximate surface area is 123 Å². The van der Waals surface area contributed by atoms with E-state index in [2.05, 4.69) is 0 Å². The molecule has 0 aromatic carbocycles. The van der Waals surface area contributed by atoms with Crippen LogP contribution in [0.4, 0.5) is 0 Å². The minimum Gasteiger partial charge on any atom is -0.393 e. The molecule has 1 aliphatic heterocycles. The van der Waals surface area contributed by atoms with Gasteiger partial charge in [-0.25, -0.2) is 8.42 Å². The molecule has 0 aliphatic carbocycles. The average Bonchev–Trinajstić information content (AvgIpc) is 2.70. The molecule has 1 fully saturated rings. The molecule has 2 atom stereocenters. The standard InChI is InChI=1S/C12H18ClNO3S2/c1-8-6-11(18-12(8)13)19(16,17)14-5-3-4-10(7-14)9(2)15/h6,9-10,15H,3-5,7H2,1-2H3/t9-,10-/m1/s1. The zero-order valence-corrected chi connectivity index (χ0v) is 13.4. The fraction of sp³-hybridized carbons (Fsp3) is 0.667. The number of aryl methyl sites for hydroxylation is 1. The summed E-state index contributed by atoms with van der Waals surface area (Å²) >= 11 is 7.05. The Morgan fingerprint density at radius 3 is 2.79 bits per heavy atom. The van der Waals surface area contributed by atoms with Gasteiger partial charge in [-0.2, -0.15) is 4.31 Å². The van der Waals surface area contributed by atoms with Gasteiger partial charge in [0.1, 0.15) is 4.21 Å². The van der Waals surface area contributed by atoms with Crippen LogP contribution in [0.5, 0.6) is 0 Å². The van der Waals surface area contributed by atoms with E-state index in [1.165, 1.54) is 4.31 Å². The van der Waals surface area contributed by atoms with Crippen LogP contribution in [0.25, 0.3) is 0 Å². The molecule has 1 saturated heterocycles. The van der Waals surface area contributed by atoms with Gasteiger partial charge in [-0.15, -0.1) is 11.3 Å². The van der Waals surface area contributed by atoms with Crippen LogP contribution in [0.3, 0.4) is 0 Å².